The van der Waals surface area contributed by atoms with E-state index in [2.05, 4.69) is 0 Å². The van der Waals surface area contributed by atoms with E-state index in [0.29, 0.717) is 11.1 Å². The molecule has 2 rings (SSSR count). The molecule has 0 radical (unpaired) electrons. The average Bonchev–Trinajstić information content (AvgIpc) is 2.65. The number of ether oxygens (including phenoxy) is 4. The maximum atomic E-state index is 12.1. The molecule has 0 bridgehead atoms. The highest BCUT2D eigenvalue weighted by atomic mass is 16.7. The summed E-state index contributed by atoms with van der Waals surface area (Å²) >= 11 is 0. The highest BCUT2D eigenvalue weighted by Crippen LogP contribution is 2.50. The Bertz CT molecular complexity index is 752. The van der Waals surface area contributed by atoms with E-state index < -0.39 is 23.5 Å². The second kappa shape index (κ2) is 7.34. The normalized spacial score (nSPS) is 11.8. The molecule has 0 heterocycles. The van der Waals surface area contributed by atoms with Crippen molar-refractivity contribution >= 4 is 18.0 Å². The molecule has 0 fully saturated rings. The molecule has 0 aromatic heterocycles. The number of nitrogens with two attached hydrogens (primary N) is 1. The van der Waals surface area contributed by atoms with Gasteiger partial charge in [0.05, 0.1) is 0 Å². The molecule has 7 heteroatoms. The van der Waals surface area contributed by atoms with Crippen molar-refractivity contribution in [3.05, 3.63) is 30.3 Å². The number of hydrogen-bond acceptors (Lipinski definition) is 7. The third kappa shape index (κ3) is 5.51. The molecule has 0 aromatic carbocycles. The molecular weight excluding hydrogens is 350 g/mol. The number of carbonyl (C=O) groups excluding carboxylic acids is 2. The molecule has 0 unspecified atom stereocenters. The van der Waals surface area contributed by atoms with E-state index in [1.54, 1.807) is 71.9 Å². The first kappa shape index (κ1) is 20.4. The first-order valence-corrected chi connectivity index (χ1v) is 8.49. The van der Waals surface area contributed by atoms with Gasteiger partial charge >= 0.3 is 12.3 Å². The lowest BCUT2D eigenvalue weighted by Crippen LogP contribution is -2.26. The van der Waals surface area contributed by atoms with Crippen LogP contribution in [-0.2, 0) is 9.47 Å². The average molecular weight is 375 g/mol. The van der Waals surface area contributed by atoms with Crippen molar-refractivity contribution < 1.29 is 28.5 Å². The molecule has 0 aliphatic heterocycles. The molecule has 0 amide bonds. The summed E-state index contributed by atoms with van der Waals surface area (Å²) in [5.41, 5.74) is 5.67. The first-order chi connectivity index (χ1) is 12.4. The van der Waals surface area contributed by atoms with Crippen LogP contribution in [0.3, 0.4) is 0 Å². The summed E-state index contributed by atoms with van der Waals surface area (Å²) in [5, 5.41) is 0. The van der Waals surface area contributed by atoms with E-state index in [1.807, 2.05) is 0 Å². The number of fused-ring (bicyclic) bond motifs is 1. The number of hydrogen-bond donors (Lipinski definition) is 1. The van der Waals surface area contributed by atoms with Crippen molar-refractivity contribution in [3.63, 3.8) is 0 Å². The van der Waals surface area contributed by atoms with Gasteiger partial charge in [0.15, 0.2) is 11.5 Å². The highest BCUT2D eigenvalue weighted by Gasteiger charge is 2.30. The lowest BCUT2D eigenvalue weighted by molar-refractivity contribution is 0.0204. The van der Waals surface area contributed by atoms with Crippen molar-refractivity contribution in [1.82, 2.24) is 0 Å². The van der Waals surface area contributed by atoms with Gasteiger partial charge in [0.1, 0.15) is 16.9 Å². The number of anilines is 1. The number of carbonyl (C=O) groups is 2. The van der Waals surface area contributed by atoms with E-state index in [1.165, 1.54) is 0 Å². The smallest absolute Gasteiger partial charge is 0.428 e. The molecule has 0 aromatic rings. The molecule has 7 nitrogen and oxygen atoms in total. The van der Waals surface area contributed by atoms with Gasteiger partial charge in [-0.05, 0) is 41.5 Å². The van der Waals surface area contributed by atoms with Crippen molar-refractivity contribution in [3.8, 4) is 22.6 Å². The van der Waals surface area contributed by atoms with Crippen LogP contribution >= 0.6 is 0 Å². The zero-order valence-corrected chi connectivity index (χ0v) is 16.4. The van der Waals surface area contributed by atoms with Gasteiger partial charge in [0.25, 0.3) is 0 Å². The van der Waals surface area contributed by atoms with E-state index in [-0.39, 0.29) is 17.2 Å². The highest BCUT2D eigenvalue weighted by molar-refractivity contribution is 5.95. The maximum absolute atomic E-state index is 12.1. The Balaban J connectivity index is 2.40. The topological polar surface area (TPSA) is 97.1 Å². The molecule has 27 heavy (non-hydrogen) atoms. The van der Waals surface area contributed by atoms with Gasteiger partial charge in [-0.3, -0.25) is 0 Å². The van der Waals surface area contributed by atoms with Gasteiger partial charge in [-0.25, -0.2) is 9.59 Å². The lowest BCUT2D eigenvalue weighted by Gasteiger charge is -2.19. The Morgan fingerprint density at radius 1 is 0.741 bits per heavy atom. The Hall–Kier alpha value is -2.96. The van der Waals surface area contributed by atoms with Crippen LogP contribution in [0.4, 0.5) is 15.3 Å². The van der Waals surface area contributed by atoms with Gasteiger partial charge in [0, 0.05) is 11.1 Å². The Kier molecular flexibility index (Phi) is 5.54. The van der Waals surface area contributed by atoms with Crippen LogP contribution in [0.2, 0.25) is 0 Å². The number of rotatable bonds is 2. The molecule has 0 spiro atoms. The fraction of sp³-hybridized carbons (Fsp3) is 0.400. The largest absolute Gasteiger partial charge is 0.514 e. The minimum absolute atomic E-state index is 0.00733. The molecule has 2 N–H and O–H groups in total. The summed E-state index contributed by atoms with van der Waals surface area (Å²) in [6.45, 7) is 10.3. The Morgan fingerprint density at radius 2 is 1.11 bits per heavy atom. The SMILES string of the molecule is CC(C)(C)OC(=O)Oc1c2cccccc-2c(OC(=O)OC(C)(C)C)c1N. The minimum atomic E-state index is -0.906. The van der Waals surface area contributed by atoms with E-state index in [4.69, 9.17) is 24.7 Å². The third-order valence-electron chi connectivity index (χ3n) is 3.17. The predicted octanol–water partition coefficient (Wildman–Crippen LogP) is 5.00. The molecule has 0 saturated heterocycles. The zero-order chi connectivity index (χ0) is 20.4. The van der Waals surface area contributed by atoms with Gasteiger partial charge in [0.2, 0.25) is 0 Å². The summed E-state index contributed by atoms with van der Waals surface area (Å²) in [4.78, 5) is 24.2. The van der Waals surface area contributed by atoms with E-state index in [0.717, 1.165) is 0 Å². The molecule has 0 saturated carbocycles. The van der Waals surface area contributed by atoms with Gasteiger partial charge in [-0.2, -0.15) is 0 Å². The summed E-state index contributed by atoms with van der Waals surface area (Å²) in [5.74, 6) is 0.128. The molecule has 2 aliphatic rings. The monoisotopic (exact) mass is 375 g/mol. The predicted molar refractivity (Wildman–Crippen MR) is 101 cm³/mol. The summed E-state index contributed by atoms with van der Waals surface area (Å²) in [7, 11) is 0. The maximum Gasteiger partial charge on any atom is 0.514 e. The van der Waals surface area contributed by atoms with Crippen LogP contribution in [0.5, 0.6) is 11.5 Å². The third-order valence-corrected chi connectivity index (χ3v) is 3.17. The quantitative estimate of drug-likeness (QED) is 0.738. The van der Waals surface area contributed by atoms with Crippen molar-refractivity contribution in [2.24, 2.45) is 0 Å². The Morgan fingerprint density at radius 3 is 1.44 bits per heavy atom. The van der Waals surface area contributed by atoms with Crippen LogP contribution < -0.4 is 15.2 Å². The van der Waals surface area contributed by atoms with Crippen molar-refractivity contribution in [2.75, 3.05) is 5.73 Å². The first-order valence-electron chi connectivity index (χ1n) is 8.49. The van der Waals surface area contributed by atoms with Crippen molar-refractivity contribution in [2.45, 2.75) is 52.7 Å². The van der Waals surface area contributed by atoms with Crippen LogP contribution in [0.15, 0.2) is 30.3 Å². The van der Waals surface area contributed by atoms with Gasteiger partial charge < -0.3 is 24.7 Å². The van der Waals surface area contributed by atoms with Gasteiger partial charge in [-0.15, -0.1) is 0 Å². The summed E-state index contributed by atoms with van der Waals surface area (Å²) < 4.78 is 21.0. The van der Waals surface area contributed by atoms with Crippen LogP contribution in [0.25, 0.3) is 11.1 Å². The molecule has 2 aliphatic carbocycles. The van der Waals surface area contributed by atoms with Crippen LogP contribution in [0, 0.1) is 0 Å². The number of nitrogen functional groups attached to an aromatic ring is 1. The summed E-state index contributed by atoms with van der Waals surface area (Å²) in [6, 6.07) is 8.69. The van der Waals surface area contributed by atoms with Crippen LogP contribution in [0.1, 0.15) is 41.5 Å². The fourth-order valence-corrected chi connectivity index (χ4v) is 2.26. The fourth-order valence-electron chi connectivity index (χ4n) is 2.26. The van der Waals surface area contributed by atoms with Crippen molar-refractivity contribution in [1.29, 1.82) is 0 Å². The van der Waals surface area contributed by atoms with Gasteiger partial charge in [-0.1, -0.05) is 30.3 Å². The molecular formula is C20H25NO6. The lowest BCUT2D eigenvalue weighted by atomic mass is 10.2. The van der Waals surface area contributed by atoms with E-state index >= 15 is 0 Å². The molecule has 0 atom stereocenters. The summed E-state index contributed by atoms with van der Waals surface area (Å²) in [6.07, 6.45) is -1.81. The molecule has 146 valence electrons. The van der Waals surface area contributed by atoms with E-state index in [9.17, 15) is 9.59 Å². The second-order valence-corrected chi connectivity index (χ2v) is 7.94. The van der Waals surface area contributed by atoms with Crippen LogP contribution in [-0.4, -0.2) is 23.5 Å². The second-order valence-electron chi connectivity index (χ2n) is 7.94. The minimum Gasteiger partial charge on any atom is -0.428 e. The zero-order valence-electron chi connectivity index (χ0n) is 16.4. The Labute approximate surface area is 158 Å². The standard InChI is InChI=1S/C20H25NO6/c1-19(2,3)26-17(22)24-15-12-10-8-7-9-11-13(12)16(14(15)21)25-18(23)27-20(4,5)6/h7-11H,21H2,1-6H3.